The number of para-hydroxylation sites is 2. The number of aromatic nitrogens is 2. The zero-order valence-corrected chi connectivity index (χ0v) is 24.4. The largest absolute Gasteiger partial charge is 0.374 e. The van der Waals surface area contributed by atoms with Gasteiger partial charge in [0.25, 0.3) is 11.8 Å². The molecule has 6 aromatic rings. The lowest BCUT2D eigenvalue weighted by Crippen LogP contribution is -2.61. The van der Waals surface area contributed by atoms with Gasteiger partial charge in [0.1, 0.15) is 12.3 Å². The second-order valence-corrected chi connectivity index (χ2v) is 12.2. The summed E-state index contributed by atoms with van der Waals surface area (Å²) in [5.74, 6) is -0.393. The fourth-order valence-corrected chi connectivity index (χ4v) is 8.37. The van der Waals surface area contributed by atoms with Gasteiger partial charge in [0.05, 0.1) is 33.7 Å². The van der Waals surface area contributed by atoms with E-state index in [1.807, 2.05) is 92.8 Å². The third-order valence-electron chi connectivity index (χ3n) is 10.1. The van der Waals surface area contributed by atoms with Crippen molar-refractivity contribution in [2.24, 2.45) is 0 Å². The molecule has 0 saturated carbocycles. The van der Waals surface area contributed by atoms with Crippen LogP contribution in [0, 0.1) is 0 Å². The number of nitrogens with one attached hydrogen (secondary N) is 1. The van der Waals surface area contributed by atoms with Gasteiger partial charge in [0, 0.05) is 53.3 Å². The predicted octanol–water partition coefficient (Wildman–Crippen LogP) is 5.40. The number of amides is 2. The number of methoxy groups -OCH3 is 1. The number of benzene rings is 4. The van der Waals surface area contributed by atoms with Crippen LogP contribution in [-0.2, 0) is 15.2 Å². The lowest BCUT2D eigenvalue weighted by atomic mass is 9.91. The van der Waals surface area contributed by atoms with Crippen molar-refractivity contribution >= 4 is 55.4 Å². The zero-order chi connectivity index (χ0) is 30.1. The minimum atomic E-state index is -1.15. The van der Waals surface area contributed by atoms with E-state index in [1.165, 1.54) is 0 Å². The van der Waals surface area contributed by atoms with Crippen LogP contribution in [0.3, 0.4) is 0 Å². The Balaban J connectivity index is 1.44. The molecule has 9 rings (SSSR count). The van der Waals surface area contributed by atoms with Crippen LogP contribution in [0.25, 0.3) is 43.6 Å². The number of rotatable bonds is 3. The summed E-state index contributed by atoms with van der Waals surface area (Å²) in [6, 6.07) is 25.0. The van der Waals surface area contributed by atoms with Crippen molar-refractivity contribution in [2.45, 2.75) is 43.7 Å². The van der Waals surface area contributed by atoms with Crippen LogP contribution in [0.5, 0.6) is 0 Å². The third kappa shape index (κ3) is 2.99. The van der Waals surface area contributed by atoms with Crippen LogP contribution in [0.4, 0.5) is 0 Å². The molecule has 1 fully saturated rings. The summed E-state index contributed by atoms with van der Waals surface area (Å²) in [4.78, 5) is 29.3. The predicted molar refractivity (Wildman–Crippen MR) is 166 cm³/mol. The SMILES string of the molecule is CO[C@H]1[C@@H](N(C)C(=O)c2ccccc2)C[C@@H]2O[C@@]1(C)n1c3ccccc3c3c4c(c5c6ccccc6n2c5c31)C(=O)N[C@@H]4O. The lowest BCUT2D eigenvalue weighted by molar-refractivity contribution is -0.264. The highest BCUT2D eigenvalue weighted by atomic mass is 16.6. The lowest BCUT2D eigenvalue weighted by Gasteiger charge is -2.50. The van der Waals surface area contributed by atoms with Gasteiger partial charge in [0.15, 0.2) is 12.0 Å². The van der Waals surface area contributed by atoms with Crippen molar-refractivity contribution in [3.8, 4) is 0 Å². The fourth-order valence-electron chi connectivity index (χ4n) is 8.37. The van der Waals surface area contributed by atoms with Crippen molar-refractivity contribution in [2.75, 3.05) is 14.2 Å². The number of likely N-dealkylation sites (N-methyl/N-ethyl adjacent to an activating group) is 1. The summed E-state index contributed by atoms with van der Waals surface area (Å²) >= 11 is 0. The zero-order valence-electron chi connectivity index (χ0n) is 24.4. The summed E-state index contributed by atoms with van der Waals surface area (Å²) in [5.41, 5.74) is 4.17. The van der Waals surface area contributed by atoms with Crippen LogP contribution in [-0.4, -0.2) is 57.3 Å². The van der Waals surface area contributed by atoms with Gasteiger partial charge in [-0.3, -0.25) is 9.59 Å². The average molecular weight is 587 g/mol. The first-order chi connectivity index (χ1) is 21.3. The van der Waals surface area contributed by atoms with Crippen LogP contribution in [0.15, 0.2) is 78.9 Å². The summed E-state index contributed by atoms with van der Waals surface area (Å²) < 4.78 is 17.9. The smallest absolute Gasteiger partial charge is 0.254 e. The molecule has 1 saturated heterocycles. The first kappa shape index (κ1) is 25.8. The highest BCUT2D eigenvalue weighted by Gasteiger charge is 2.55. The van der Waals surface area contributed by atoms with E-state index >= 15 is 0 Å². The van der Waals surface area contributed by atoms with E-state index in [4.69, 9.17) is 9.47 Å². The second-order valence-electron chi connectivity index (χ2n) is 12.2. The molecule has 9 nitrogen and oxygen atoms in total. The Kier molecular flexibility index (Phi) is 5.09. The van der Waals surface area contributed by atoms with Gasteiger partial charge in [-0.15, -0.1) is 0 Å². The quantitative estimate of drug-likeness (QED) is 0.290. The number of aliphatic hydroxyl groups is 1. The number of fused-ring (bicyclic) bond motifs is 13. The second kappa shape index (κ2) is 8.69. The van der Waals surface area contributed by atoms with E-state index in [-0.39, 0.29) is 17.9 Å². The molecule has 5 heterocycles. The molecule has 5 atom stereocenters. The maximum Gasteiger partial charge on any atom is 0.254 e. The van der Waals surface area contributed by atoms with Gasteiger partial charge in [-0.25, -0.2) is 0 Å². The van der Waals surface area contributed by atoms with Crippen LogP contribution in [0.2, 0.25) is 0 Å². The van der Waals surface area contributed by atoms with E-state index in [9.17, 15) is 14.7 Å². The minimum absolute atomic E-state index is 0.0961. The molecular weight excluding hydrogens is 556 g/mol. The van der Waals surface area contributed by atoms with Gasteiger partial charge < -0.3 is 33.9 Å². The van der Waals surface area contributed by atoms with Crippen molar-refractivity contribution in [3.63, 3.8) is 0 Å². The van der Waals surface area contributed by atoms with Crippen molar-refractivity contribution in [1.82, 2.24) is 19.4 Å². The number of hydrogen-bond acceptors (Lipinski definition) is 5. The van der Waals surface area contributed by atoms with E-state index in [2.05, 4.69) is 14.5 Å². The highest BCUT2D eigenvalue weighted by Crippen LogP contribution is 2.55. The van der Waals surface area contributed by atoms with Crippen LogP contribution < -0.4 is 5.32 Å². The van der Waals surface area contributed by atoms with Crippen molar-refractivity contribution in [3.05, 3.63) is 95.6 Å². The standard InChI is InChI=1S/C35H30N4O5/c1-35-31(43-3)23(37(2)34(42)18-11-5-4-6-12-18)17-24(44-35)38-21-15-9-7-13-19(21)25-27-28(33(41)36-32(27)40)26-20-14-8-10-16-22(20)39(35)30(26)29(25)38/h4-16,23-24,31,33,41H,17H2,1-3H3,(H,36,40)/t23-,24-,31-,33+,35+/m0/s1. The van der Waals surface area contributed by atoms with Crippen molar-refractivity contribution in [1.29, 1.82) is 0 Å². The Morgan fingerprint density at radius 2 is 1.64 bits per heavy atom. The molecule has 3 aliphatic heterocycles. The Labute approximate surface area is 252 Å². The molecular formula is C35H30N4O5. The minimum Gasteiger partial charge on any atom is -0.374 e. The van der Waals surface area contributed by atoms with Crippen LogP contribution >= 0.6 is 0 Å². The fraction of sp³-hybridized carbons (Fsp3) is 0.257. The number of ether oxygens (including phenoxy) is 2. The first-order valence-corrected chi connectivity index (χ1v) is 14.9. The van der Waals surface area contributed by atoms with Gasteiger partial charge >= 0.3 is 0 Å². The van der Waals surface area contributed by atoms with Gasteiger partial charge in [-0.2, -0.15) is 0 Å². The molecule has 2 amide bonds. The molecule has 9 heteroatoms. The van der Waals surface area contributed by atoms with Gasteiger partial charge in [-0.05, 0) is 31.2 Å². The molecule has 44 heavy (non-hydrogen) atoms. The normalized spacial score (nSPS) is 25.6. The first-order valence-electron chi connectivity index (χ1n) is 14.9. The molecule has 2 bridgehead atoms. The molecule has 0 unspecified atom stereocenters. The Morgan fingerprint density at radius 3 is 2.36 bits per heavy atom. The number of carbonyl (C=O) groups excluding carboxylic acids is 2. The molecule has 0 radical (unpaired) electrons. The van der Waals surface area contributed by atoms with Crippen molar-refractivity contribution < 1.29 is 24.2 Å². The number of nitrogens with zero attached hydrogens (tertiary/aromatic N) is 3. The molecule has 2 N–H and O–H groups in total. The van der Waals surface area contributed by atoms with E-state index in [0.29, 0.717) is 23.1 Å². The van der Waals surface area contributed by atoms with Gasteiger partial charge in [-0.1, -0.05) is 54.6 Å². The van der Waals surface area contributed by atoms with Crippen LogP contribution in [0.1, 0.15) is 52.1 Å². The monoisotopic (exact) mass is 586 g/mol. The molecule has 0 aliphatic carbocycles. The maximum absolute atomic E-state index is 13.9. The summed E-state index contributed by atoms with van der Waals surface area (Å²) in [6.07, 6.45) is -1.73. The van der Waals surface area contributed by atoms with Gasteiger partial charge in [0.2, 0.25) is 0 Å². The average Bonchev–Trinajstić information content (AvgIpc) is 3.65. The Bertz CT molecular complexity index is 2220. The molecule has 4 aromatic carbocycles. The Hall–Kier alpha value is -4.70. The topological polar surface area (TPSA) is 98.0 Å². The Morgan fingerprint density at radius 1 is 0.977 bits per heavy atom. The van der Waals surface area contributed by atoms with E-state index < -0.39 is 24.3 Å². The number of aliphatic hydroxyl groups excluding tert-OH is 1. The molecule has 3 aliphatic rings. The molecule has 220 valence electrons. The summed E-state index contributed by atoms with van der Waals surface area (Å²) in [5, 5.41) is 17.5. The highest BCUT2D eigenvalue weighted by molar-refractivity contribution is 6.31. The molecule has 0 spiro atoms. The number of carbonyl (C=O) groups is 2. The number of hydrogen-bond donors (Lipinski definition) is 2. The summed E-state index contributed by atoms with van der Waals surface area (Å²) in [6.45, 7) is 2.03. The van der Waals surface area contributed by atoms with E-state index in [1.54, 1.807) is 12.0 Å². The maximum atomic E-state index is 13.9. The van der Waals surface area contributed by atoms with E-state index in [0.717, 1.165) is 43.6 Å². The molecule has 2 aromatic heterocycles. The summed E-state index contributed by atoms with van der Waals surface area (Å²) in [7, 11) is 3.50. The third-order valence-corrected chi connectivity index (χ3v) is 10.1.